The number of methoxy groups -OCH3 is 3. The van der Waals surface area contributed by atoms with E-state index in [1.807, 2.05) is 0 Å². The van der Waals surface area contributed by atoms with Gasteiger partial charge in [-0.2, -0.15) is 0 Å². The molecule has 0 aliphatic heterocycles. The Morgan fingerprint density at radius 2 is 1.63 bits per heavy atom. The number of rotatable bonds is 7. The first kappa shape index (κ1) is 20.4. The first-order valence-electron chi connectivity index (χ1n) is 7.76. The van der Waals surface area contributed by atoms with Crippen LogP contribution in [0.1, 0.15) is 10.4 Å². The fraction of sp³-hybridized carbons (Fsp3) is 0.222. The molecule has 0 atom stereocenters. The molecule has 0 aliphatic carbocycles. The maximum Gasteiger partial charge on any atom is 0.269 e. The summed E-state index contributed by atoms with van der Waals surface area (Å²) in [6.45, 7) is 0. The number of thioether (sulfide) groups is 1. The molecule has 0 heterocycles. The number of nitrogens with one attached hydrogen (secondary N) is 2. The highest BCUT2D eigenvalue weighted by Crippen LogP contribution is 2.38. The van der Waals surface area contributed by atoms with E-state index in [0.717, 1.165) is 11.8 Å². The second kappa shape index (κ2) is 9.67. The number of carbonyl (C=O) groups excluding carboxylic acids is 2. The van der Waals surface area contributed by atoms with Crippen LogP contribution in [0, 0.1) is 5.82 Å². The minimum absolute atomic E-state index is 0.0591. The molecule has 144 valence electrons. The van der Waals surface area contributed by atoms with E-state index in [1.54, 1.807) is 18.2 Å². The summed E-state index contributed by atoms with van der Waals surface area (Å²) in [5.41, 5.74) is 4.77. The van der Waals surface area contributed by atoms with E-state index in [2.05, 4.69) is 10.9 Å². The van der Waals surface area contributed by atoms with Crippen LogP contribution in [0.5, 0.6) is 17.2 Å². The Morgan fingerprint density at radius 1 is 1.00 bits per heavy atom. The van der Waals surface area contributed by atoms with Gasteiger partial charge in [0.05, 0.1) is 27.1 Å². The van der Waals surface area contributed by atoms with E-state index in [-0.39, 0.29) is 11.3 Å². The Morgan fingerprint density at radius 3 is 2.19 bits per heavy atom. The minimum atomic E-state index is -0.571. The van der Waals surface area contributed by atoms with Crippen molar-refractivity contribution < 1.29 is 28.2 Å². The Labute approximate surface area is 160 Å². The van der Waals surface area contributed by atoms with Crippen LogP contribution in [-0.4, -0.2) is 38.9 Å². The summed E-state index contributed by atoms with van der Waals surface area (Å²) in [6, 6.07) is 9.04. The van der Waals surface area contributed by atoms with Gasteiger partial charge in [-0.15, -0.1) is 11.8 Å². The van der Waals surface area contributed by atoms with Crippen LogP contribution in [0.25, 0.3) is 0 Å². The Hall–Kier alpha value is -2.94. The highest BCUT2D eigenvalue weighted by Gasteiger charge is 2.17. The lowest BCUT2D eigenvalue weighted by Crippen LogP contribution is -2.42. The number of hydrogen-bond donors (Lipinski definition) is 2. The van der Waals surface area contributed by atoms with Crippen LogP contribution in [0.15, 0.2) is 41.3 Å². The third-order valence-corrected chi connectivity index (χ3v) is 4.49. The molecule has 0 spiro atoms. The van der Waals surface area contributed by atoms with Gasteiger partial charge in [-0.25, -0.2) is 4.39 Å². The van der Waals surface area contributed by atoms with Crippen molar-refractivity contribution in [2.45, 2.75) is 4.90 Å². The molecule has 27 heavy (non-hydrogen) atoms. The number of ether oxygens (including phenoxy) is 3. The molecule has 0 radical (unpaired) electrons. The first-order valence-corrected chi connectivity index (χ1v) is 8.75. The smallest absolute Gasteiger partial charge is 0.269 e. The van der Waals surface area contributed by atoms with E-state index >= 15 is 0 Å². The number of hydrogen-bond acceptors (Lipinski definition) is 6. The average Bonchev–Trinajstić information content (AvgIpc) is 2.70. The Kier molecular flexibility index (Phi) is 7.30. The van der Waals surface area contributed by atoms with Crippen LogP contribution in [0.3, 0.4) is 0 Å². The number of halogens is 1. The van der Waals surface area contributed by atoms with Crippen LogP contribution in [0.2, 0.25) is 0 Å². The average molecular weight is 394 g/mol. The summed E-state index contributed by atoms with van der Waals surface area (Å²) < 4.78 is 29.1. The van der Waals surface area contributed by atoms with E-state index in [9.17, 15) is 14.0 Å². The second-order valence-electron chi connectivity index (χ2n) is 5.14. The highest BCUT2D eigenvalue weighted by molar-refractivity contribution is 8.00. The molecule has 0 aliphatic rings. The van der Waals surface area contributed by atoms with Crippen molar-refractivity contribution in [2.75, 3.05) is 27.1 Å². The number of benzene rings is 2. The van der Waals surface area contributed by atoms with Gasteiger partial charge in [-0.1, -0.05) is 12.1 Å². The van der Waals surface area contributed by atoms with E-state index in [0.29, 0.717) is 22.1 Å². The predicted octanol–water partition coefficient (Wildman–Crippen LogP) is 2.40. The quantitative estimate of drug-likeness (QED) is 0.554. The minimum Gasteiger partial charge on any atom is -0.493 e. The van der Waals surface area contributed by atoms with Gasteiger partial charge in [0.25, 0.3) is 5.91 Å². The summed E-state index contributed by atoms with van der Waals surface area (Å²) in [6.07, 6.45) is 0. The summed E-state index contributed by atoms with van der Waals surface area (Å²) in [4.78, 5) is 24.5. The van der Waals surface area contributed by atoms with Crippen molar-refractivity contribution in [2.24, 2.45) is 0 Å². The van der Waals surface area contributed by atoms with Crippen molar-refractivity contribution in [3.05, 3.63) is 47.8 Å². The molecule has 2 N–H and O–H groups in total. The third kappa shape index (κ3) is 5.27. The lowest BCUT2D eigenvalue weighted by atomic mass is 10.1. The largest absolute Gasteiger partial charge is 0.493 e. The standard InChI is InChI=1S/C18H19FN2O5S/c1-24-13-8-11(9-14(25-2)17(13)26-3)18(23)21-20-16(22)10-27-15-7-5-4-6-12(15)19/h4-9H,10H2,1-3H3,(H,20,22)(H,21,23). The number of carbonyl (C=O) groups is 2. The molecule has 0 saturated heterocycles. The molecule has 0 bridgehead atoms. The number of hydrazine groups is 1. The Balaban J connectivity index is 1.97. The van der Waals surface area contributed by atoms with Crippen LogP contribution in [-0.2, 0) is 4.79 Å². The maximum absolute atomic E-state index is 13.5. The van der Waals surface area contributed by atoms with E-state index in [4.69, 9.17) is 14.2 Å². The summed E-state index contributed by atoms with van der Waals surface area (Å²) in [5, 5.41) is 0. The maximum atomic E-state index is 13.5. The summed E-state index contributed by atoms with van der Waals surface area (Å²) in [5.74, 6) is -0.552. The molecule has 2 rings (SSSR count). The molecule has 2 aromatic rings. The first-order chi connectivity index (χ1) is 13.0. The zero-order valence-corrected chi connectivity index (χ0v) is 15.8. The van der Waals surface area contributed by atoms with Crippen molar-refractivity contribution >= 4 is 23.6 Å². The molecule has 0 aromatic heterocycles. The molecule has 0 unspecified atom stereocenters. The van der Waals surface area contributed by atoms with Gasteiger partial charge in [-0.3, -0.25) is 20.4 Å². The van der Waals surface area contributed by atoms with Crippen molar-refractivity contribution in [1.29, 1.82) is 0 Å². The van der Waals surface area contributed by atoms with Gasteiger partial charge in [0.2, 0.25) is 11.7 Å². The van der Waals surface area contributed by atoms with Crippen LogP contribution in [0.4, 0.5) is 4.39 Å². The normalized spacial score (nSPS) is 10.1. The van der Waals surface area contributed by atoms with Gasteiger partial charge >= 0.3 is 0 Å². The molecular formula is C18H19FN2O5S. The van der Waals surface area contributed by atoms with E-state index < -0.39 is 17.6 Å². The van der Waals surface area contributed by atoms with Gasteiger partial charge < -0.3 is 14.2 Å². The molecule has 2 amide bonds. The zero-order valence-electron chi connectivity index (χ0n) is 15.0. The lowest BCUT2D eigenvalue weighted by Gasteiger charge is -2.14. The third-order valence-electron chi connectivity index (χ3n) is 3.44. The van der Waals surface area contributed by atoms with Crippen LogP contribution >= 0.6 is 11.8 Å². The topological polar surface area (TPSA) is 85.9 Å². The van der Waals surface area contributed by atoms with Gasteiger partial charge in [-0.05, 0) is 24.3 Å². The fourth-order valence-corrected chi connectivity index (χ4v) is 2.89. The highest BCUT2D eigenvalue weighted by atomic mass is 32.2. The second-order valence-corrected chi connectivity index (χ2v) is 6.15. The fourth-order valence-electron chi connectivity index (χ4n) is 2.15. The van der Waals surface area contributed by atoms with Gasteiger partial charge in [0, 0.05) is 10.5 Å². The lowest BCUT2D eigenvalue weighted by molar-refractivity contribution is -0.119. The Bertz CT molecular complexity index is 806. The van der Waals surface area contributed by atoms with Gasteiger partial charge in [0.15, 0.2) is 11.5 Å². The summed E-state index contributed by atoms with van der Waals surface area (Å²) >= 11 is 1.02. The SMILES string of the molecule is COc1cc(C(=O)NNC(=O)CSc2ccccc2F)cc(OC)c1OC. The molecule has 0 fully saturated rings. The molecule has 2 aromatic carbocycles. The monoisotopic (exact) mass is 394 g/mol. The zero-order chi connectivity index (χ0) is 19.8. The van der Waals surface area contributed by atoms with Crippen LogP contribution < -0.4 is 25.1 Å². The predicted molar refractivity (Wildman–Crippen MR) is 98.8 cm³/mol. The molecule has 0 saturated carbocycles. The van der Waals surface area contributed by atoms with E-state index in [1.165, 1.54) is 39.5 Å². The van der Waals surface area contributed by atoms with Crippen molar-refractivity contribution in [1.82, 2.24) is 10.9 Å². The molecule has 9 heteroatoms. The molecule has 7 nitrogen and oxygen atoms in total. The van der Waals surface area contributed by atoms with Crippen molar-refractivity contribution in [3.8, 4) is 17.2 Å². The number of amides is 2. The van der Waals surface area contributed by atoms with Crippen molar-refractivity contribution in [3.63, 3.8) is 0 Å². The summed E-state index contributed by atoms with van der Waals surface area (Å²) in [7, 11) is 4.31. The molecular weight excluding hydrogens is 375 g/mol. The van der Waals surface area contributed by atoms with Gasteiger partial charge in [0.1, 0.15) is 5.82 Å².